The Morgan fingerprint density at radius 1 is 1.17 bits per heavy atom. The molecule has 2 aliphatic rings. The number of aliphatic imine (C=N–C) groups is 1. The van der Waals surface area contributed by atoms with Crippen molar-refractivity contribution in [2.75, 3.05) is 0 Å². The van der Waals surface area contributed by atoms with Crippen LogP contribution in [-0.2, 0) is 11.3 Å². The molecule has 1 saturated heterocycles. The molecule has 0 spiro atoms. The van der Waals surface area contributed by atoms with Crippen molar-refractivity contribution in [3.63, 3.8) is 0 Å². The Hall–Kier alpha value is -2.06. The van der Waals surface area contributed by atoms with Crippen LogP contribution in [0.15, 0.2) is 59.6 Å². The molecule has 0 unspecified atom stereocenters. The van der Waals surface area contributed by atoms with Gasteiger partial charge in [0.25, 0.3) is 0 Å². The zero-order chi connectivity index (χ0) is 20.5. The molecule has 0 bridgehead atoms. The number of carbonyl (C=O) groups excluding carboxylic acids is 1. The Kier molecular flexibility index (Phi) is 5.83. The summed E-state index contributed by atoms with van der Waals surface area (Å²) in [6.07, 6.45) is -1.86. The maximum Gasteiger partial charge on any atom is 0.221 e. The number of aliphatic hydroxyl groups excluding tert-OH is 2. The van der Waals surface area contributed by atoms with E-state index in [0.717, 1.165) is 11.3 Å². The molecule has 152 valence electrons. The minimum atomic E-state index is -1.01. The molecule has 4 N–H and O–H groups in total. The Morgan fingerprint density at radius 3 is 2.52 bits per heavy atom. The number of primary amides is 1. The van der Waals surface area contributed by atoms with Crippen LogP contribution >= 0.6 is 23.4 Å². The average Bonchev–Trinajstić information content (AvgIpc) is 3.05. The third kappa shape index (κ3) is 4.14. The van der Waals surface area contributed by atoms with E-state index in [4.69, 9.17) is 22.3 Å². The summed E-state index contributed by atoms with van der Waals surface area (Å²) in [5.74, 6) is -1.01. The fourth-order valence-electron chi connectivity index (χ4n) is 3.97. The number of fused-ring (bicyclic) bond motifs is 1. The number of halogens is 1. The quantitative estimate of drug-likeness (QED) is 0.690. The number of amides is 1. The molecule has 2 fully saturated rings. The van der Waals surface area contributed by atoms with E-state index in [1.807, 2.05) is 47.4 Å². The second kappa shape index (κ2) is 8.36. The van der Waals surface area contributed by atoms with Gasteiger partial charge < -0.3 is 20.8 Å². The highest BCUT2D eigenvalue weighted by atomic mass is 35.5. The molecule has 29 heavy (non-hydrogen) atoms. The van der Waals surface area contributed by atoms with Crippen LogP contribution in [0.2, 0.25) is 5.02 Å². The third-order valence-corrected chi connectivity index (χ3v) is 7.10. The number of hydrogen-bond donors (Lipinski definition) is 3. The van der Waals surface area contributed by atoms with Crippen LogP contribution in [0.25, 0.3) is 0 Å². The first-order valence-corrected chi connectivity index (χ1v) is 10.7. The number of rotatable bonds is 4. The minimum absolute atomic E-state index is 0.151. The lowest BCUT2D eigenvalue weighted by Crippen LogP contribution is -2.58. The fourth-order valence-corrected chi connectivity index (χ4v) is 5.68. The third-order valence-electron chi connectivity index (χ3n) is 5.43. The molecule has 1 aliphatic heterocycles. The summed E-state index contributed by atoms with van der Waals surface area (Å²) in [5.41, 5.74) is 7.39. The van der Waals surface area contributed by atoms with E-state index in [-0.39, 0.29) is 11.7 Å². The zero-order valence-electron chi connectivity index (χ0n) is 15.6. The Bertz CT molecular complexity index is 909. The molecular formula is C21H22ClN3O3S. The summed E-state index contributed by atoms with van der Waals surface area (Å²) < 4.78 is 0. The van der Waals surface area contributed by atoms with Gasteiger partial charge in [-0.2, -0.15) is 0 Å². The molecule has 1 aliphatic carbocycles. The molecule has 2 aromatic rings. The molecule has 2 aromatic carbocycles. The Labute approximate surface area is 178 Å². The van der Waals surface area contributed by atoms with Crippen molar-refractivity contribution in [2.45, 2.75) is 36.5 Å². The molecule has 1 amide bonds. The largest absolute Gasteiger partial charge is 0.390 e. The van der Waals surface area contributed by atoms with Gasteiger partial charge in [0.05, 0.1) is 23.8 Å². The topological polar surface area (TPSA) is 99.2 Å². The zero-order valence-corrected chi connectivity index (χ0v) is 17.1. The number of aliphatic hydroxyl groups is 2. The number of nitrogens with two attached hydrogens (primary N) is 1. The van der Waals surface area contributed by atoms with Crippen LogP contribution in [0, 0.1) is 5.92 Å². The van der Waals surface area contributed by atoms with Crippen LogP contribution in [0.4, 0.5) is 5.69 Å². The van der Waals surface area contributed by atoms with Crippen LogP contribution < -0.4 is 5.73 Å². The first-order valence-electron chi connectivity index (χ1n) is 9.41. The van der Waals surface area contributed by atoms with Gasteiger partial charge in [-0.1, -0.05) is 53.7 Å². The maximum absolute atomic E-state index is 12.1. The van der Waals surface area contributed by atoms with Crippen LogP contribution in [0.1, 0.15) is 12.0 Å². The summed E-state index contributed by atoms with van der Waals surface area (Å²) in [7, 11) is 0. The highest BCUT2D eigenvalue weighted by Crippen LogP contribution is 2.45. The molecule has 5 atom stereocenters. The van der Waals surface area contributed by atoms with Crippen molar-refractivity contribution in [2.24, 2.45) is 16.6 Å². The highest BCUT2D eigenvalue weighted by molar-refractivity contribution is 8.14. The van der Waals surface area contributed by atoms with Gasteiger partial charge >= 0.3 is 0 Å². The first kappa shape index (κ1) is 20.2. The van der Waals surface area contributed by atoms with Crippen molar-refractivity contribution in [1.29, 1.82) is 0 Å². The van der Waals surface area contributed by atoms with E-state index in [1.165, 1.54) is 11.8 Å². The van der Waals surface area contributed by atoms with Crippen molar-refractivity contribution in [3.8, 4) is 0 Å². The van der Waals surface area contributed by atoms with E-state index in [2.05, 4.69) is 0 Å². The van der Waals surface area contributed by atoms with Gasteiger partial charge in [-0.3, -0.25) is 4.79 Å². The fraction of sp³-hybridized carbons (Fsp3) is 0.333. The molecule has 0 radical (unpaired) electrons. The van der Waals surface area contributed by atoms with E-state index in [9.17, 15) is 15.0 Å². The SMILES string of the molecule is NC(=O)[C@H]1C[C@@H](O)[C@H](O)[C@H]2[C@@H]1SC(=Nc1ccc(Cl)cc1)N2Cc1ccccc1. The molecule has 0 aromatic heterocycles. The van der Waals surface area contributed by atoms with Gasteiger partial charge in [0.2, 0.25) is 5.91 Å². The van der Waals surface area contributed by atoms with Gasteiger partial charge in [-0.05, 0) is 36.2 Å². The number of benzene rings is 2. The second-order valence-electron chi connectivity index (χ2n) is 7.36. The van der Waals surface area contributed by atoms with Gasteiger partial charge in [0, 0.05) is 16.8 Å². The number of hydrogen-bond acceptors (Lipinski definition) is 5. The first-order chi connectivity index (χ1) is 13.9. The molecule has 1 heterocycles. The molecule has 8 heteroatoms. The Morgan fingerprint density at radius 2 is 1.86 bits per heavy atom. The number of carbonyl (C=O) groups is 1. The van der Waals surface area contributed by atoms with E-state index in [0.29, 0.717) is 16.7 Å². The highest BCUT2D eigenvalue weighted by Gasteiger charge is 2.54. The van der Waals surface area contributed by atoms with E-state index in [1.54, 1.807) is 12.1 Å². The lowest BCUT2D eigenvalue weighted by molar-refractivity contribution is -0.128. The van der Waals surface area contributed by atoms with E-state index >= 15 is 0 Å². The predicted molar refractivity (Wildman–Crippen MR) is 115 cm³/mol. The molecular weight excluding hydrogens is 410 g/mol. The monoisotopic (exact) mass is 431 g/mol. The number of amidine groups is 1. The lowest BCUT2D eigenvalue weighted by atomic mass is 9.80. The van der Waals surface area contributed by atoms with Crippen molar-refractivity contribution >= 4 is 40.1 Å². The summed E-state index contributed by atoms with van der Waals surface area (Å²) in [4.78, 5) is 18.8. The minimum Gasteiger partial charge on any atom is -0.390 e. The van der Waals surface area contributed by atoms with Crippen LogP contribution in [0.5, 0.6) is 0 Å². The van der Waals surface area contributed by atoms with Crippen LogP contribution in [-0.4, -0.2) is 49.7 Å². The molecule has 6 nitrogen and oxygen atoms in total. The molecule has 1 saturated carbocycles. The summed E-state index contributed by atoms with van der Waals surface area (Å²) >= 11 is 7.41. The average molecular weight is 432 g/mol. The van der Waals surface area contributed by atoms with Crippen molar-refractivity contribution in [1.82, 2.24) is 4.90 Å². The number of nitrogens with zero attached hydrogens (tertiary/aromatic N) is 2. The standard InChI is InChI=1S/C21H22ClN3O3S/c22-13-6-8-14(9-7-13)24-21-25(11-12-4-2-1-3-5-12)17-18(27)16(26)10-15(20(23)28)19(17)29-21/h1-9,15-19,26-27H,10-11H2,(H2,23,28)/t15-,16+,17-,18-,19+/m0/s1. The van der Waals surface area contributed by atoms with Gasteiger partial charge in [0.15, 0.2) is 5.17 Å². The van der Waals surface area contributed by atoms with Gasteiger partial charge in [-0.15, -0.1) is 0 Å². The summed E-state index contributed by atoms with van der Waals surface area (Å²) in [6, 6.07) is 16.5. The van der Waals surface area contributed by atoms with Gasteiger partial charge in [0.1, 0.15) is 6.10 Å². The van der Waals surface area contributed by atoms with E-state index < -0.39 is 30.1 Å². The normalized spacial score (nSPS) is 30.4. The van der Waals surface area contributed by atoms with Crippen molar-refractivity contribution < 1.29 is 15.0 Å². The summed E-state index contributed by atoms with van der Waals surface area (Å²) in [5, 5.41) is 22.2. The molecule has 4 rings (SSSR count). The predicted octanol–water partition coefficient (Wildman–Crippen LogP) is 2.54. The summed E-state index contributed by atoms with van der Waals surface area (Å²) in [6.45, 7) is 0.497. The number of thioether (sulfide) groups is 1. The maximum atomic E-state index is 12.1. The smallest absolute Gasteiger partial charge is 0.221 e. The second-order valence-corrected chi connectivity index (χ2v) is 8.94. The van der Waals surface area contributed by atoms with Gasteiger partial charge in [-0.25, -0.2) is 4.99 Å². The lowest BCUT2D eigenvalue weighted by Gasteiger charge is -2.41. The van der Waals surface area contributed by atoms with Crippen LogP contribution in [0.3, 0.4) is 0 Å². The Balaban J connectivity index is 1.74. The van der Waals surface area contributed by atoms with Crippen molar-refractivity contribution in [3.05, 3.63) is 65.2 Å².